The van der Waals surface area contributed by atoms with Crippen LogP contribution >= 0.6 is 31.9 Å². The van der Waals surface area contributed by atoms with Crippen LogP contribution in [-0.4, -0.2) is 7.11 Å². The molecule has 0 N–H and O–H groups in total. The van der Waals surface area contributed by atoms with E-state index in [0.29, 0.717) is 0 Å². The van der Waals surface area contributed by atoms with Gasteiger partial charge in [0, 0.05) is 14.9 Å². The topological polar surface area (TPSA) is 9.23 Å². The van der Waals surface area contributed by atoms with Crippen molar-refractivity contribution in [1.29, 1.82) is 0 Å². The van der Waals surface area contributed by atoms with Crippen LogP contribution in [-0.2, 0) is 6.42 Å². The van der Waals surface area contributed by atoms with Gasteiger partial charge in [-0.15, -0.1) is 0 Å². The van der Waals surface area contributed by atoms with E-state index in [1.165, 1.54) is 22.3 Å². The summed E-state index contributed by atoms with van der Waals surface area (Å²) >= 11 is 7.31. The molecule has 0 radical (unpaired) electrons. The van der Waals surface area contributed by atoms with Crippen LogP contribution in [0.4, 0.5) is 0 Å². The lowest BCUT2D eigenvalue weighted by atomic mass is 10.00. The lowest BCUT2D eigenvalue weighted by molar-refractivity contribution is 0.409. The number of benzene rings is 2. The minimum atomic E-state index is 0.233. The molecule has 0 spiro atoms. The Kier molecular flexibility index (Phi) is 5.28. The van der Waals surface area contributed by atoms with E-state index in [2.05, 4.69) is 70.0 Å². The molecule has 0 saturated heterocycles. The van der Waals surface area contributed by atoms with Crippen molar-refractivity contribution < 1.29 is 4.74 Å². The van der Waals surface area contributed by atoms with Gasteiger partial charge in [-0.05, 0) is 55.2 Å². The largest absolute Gasteiger partial charge is 0.496 e. The summed E-state index contributed by atoms with van der Waals surface area (Å²) in [7, 11) is 1.71. The minimum Gasteiger partial charge on any atom is -0.496 e. The van der Waals surface area contributed by atoms with Crippen LogP contribution in [0.15, 0.2) is 40.9 Å². The van der Waals surface area contributed by atoms with Crippen LogP contribution in [0.3, 0.4) is 0 Å². The third-order valence-electron chi connectivity index (χ3n) is 3.52. The van der Waals surface area contributed by atoms with Gasteiger partial charge < -0.3 is 4.74 Å². The van der Waals surface area contributed by atoms with Gasteiger partial charge in [-0.2, -0.15) is 0 Å². The SMILES string of the molecule is COc1ccc(Br)cc1C(Br)Cc1ccc(C)c(C)c1. The average molecular weight is 398 g/mol. The first-order chi connectivity index (χ1) is 9.51. The zero-order valence-corrected chi connectivity index (χ0v) is 15.1. The highest BCUT2D eigenvalue weighted by molar-refractivity contribution is 9.10. The smallest absolute Gasteiger partial charge is 0.123 e. The van der Waals surface area contributed by atoms with Gasteiger partial charge in [0.05, 0.1) is 7.11 Å². The molecule has 0 amide bonds. The molecule has 1 nitrogen and oxygen atoms in total. The van der Waals surface area contributed by atoms with Crippen molar-refractivity contribution in [1.82, 2.24) is 0 Å². The number of alkyl halides is 1. The summed E-state index contributed by atoms with van der Waals surface area (Å²) in [5.74, 6) is 0.916. The first-order valence-corrected chi connectivity index (χ1v) is 8.25. The molecule has 0 aromatic heterocycles. The molecule has 0 aliphatic carbocycles. The Bertz CT molecular complexity index is 608. The van der Waals surface area contributed by atoms with E-state index >= 15 is 0 Å². The van der Waals surface area contributed by atoms with E-state index in [4.69, 9.17) is 4.74 Å². The molecule has 20 heavy (non-hydrogen) atoms. The zero-order valence-electron chi connectivity index (χ0n) is 11.9. The lowest BCUT2D eigenvalue weighted by Gasteiger charge is -2.15. The maximum atomic E-state index is 5.45. The molecule has 0 fully saturated rings. The standard InChI is InChI=1S/C17H18Br2O/c1-11-4-5-13(8-12(11)2)9-16(19)15-10-14(18)6-7-17(15)20-3/h4-8,10,16H,9H2,1-3H3. The first-order valence-electron chi connectivity index (χ1n) is 6.55. The average Bonchev–Trinajstić information content (AvgIpc) is 2.43. The molecule has 2 aromatic rings. The van der Waals surface area contributed by atoms with Crippen molar-refractivity contribution in [2.45, 2.75) is 25.1 Å². The van der Waals surface area contributed by atoms with Crippen LogP contribution in [0.1, 0.15) is 27.1 Å². The van der Waals surface area contributed by atoms with Crippen LogP contribution < -0.4 is 4.74 Å². The summed E-state index contributed by atoms with van der Waals surface area (Å²) in [6.07, 6.45) is 0.938. The molecule has 1 atom stereocenters. The Morgan fingerprint density at radius 3 is 2.45 bits per heavy atom. The van der Waals surface area contributed by atoms with E-state index in [-0.39, 0.29) is 4.83 Å². The van der Waals surface area contributed by atoms with E-state index in [1.807, 2.05) is 12.1 Å². The molecule has 0 heterocycles. The second-order valence-corrected chi connectivity index (χ2v) is 7.00. The van der Waals surface area contributed by atoms with E-state index < -0.39 is 0 Å². The first kappa shape index (κ1) is 15.6. The molecular formula is C17H18Br2O. The number of rotatable bonds is 4. The Balaban J connectivity index is 2.25. The molecule has 1 unspecified atom stereocenters. The van der Waals surface area contributed by atoms with Crippen LogP contribution in [0, 0.1) is 13.8 Å². The maximum Gasteiger partial charge on any atom is 0.123 e. The predicted octanol–water partition coefficient (Wildman–Crippen LogP) is 5.75. The number of halogens is 2. The van der Waals surface area contributed by atoms with Crippen molar-refractivity contribution in [3.05, 3.63) is 63.1 Å². The Labute approximate surface area is 137 Å². The van der Waals surface area contributed by atoms with Crippen LogP contribution in [0.2, 0.25) is 0 Å². The van der Waals surface area contributed by atoms with Crippen LogP contribution in [0.5, 0.6) is 5.75 Å². The second-order valence-electron chi connectivity index (χ2n) is 4.98. The van der Waals surface area contributed by atoms with Crippen molar-refractivity contribution in [2.24, 2.45) is 0 Å². The van der Waals surface area contributed by atoms with Crippen molar-refractivity contribution in [2.75, 3.05) is 7.11 Å². The molecule has 0 aliphatic rings. The molecule has 3 heteroatoms. The van der Waals surface area contributed by atoms with Gasteiger partial charge in [-0.1, -0.05) is 50.1 Å². The Morgan fingerprint density at radius 2 is 1.80 bits per heavy atom. The third kappa shape index (κ3) is 3.64. The second kappa shape index (κ2) is 6.77. The van der Waals surface area contributed by atoms with Gasteiger partial charge in [0.2, 0.25) is 0 Å². The molecule has 0 aliphatic heterocycles. The number of methoxy groups -OCH3 is 1. The fourth-order valence-corrected chi connectivity index (χ4v) is 3.31. The highest BCUT2D eigenvalue weighted by atomic mass is 79.9. The van der Waals surface area contributed by atoms with Gasteiger partial charge in [0.25, 0.3) is 0 Å². The highest BCUT2D eigenvalue weighted by Gasteiger charge is 2.14. The summed E-state index contributed by atoms with van der Waals surface area (Å²) in [5.41, 5.74) is 5.17. The number of hydrogen-bond donors (Lipinski definition) is 0. The van der Waals surface area contributed by atoms with Gasteiger partial charge in [-0.25, -0.2) is 0 Å². The highest BCUT2D eigenvalue weighted by Crippen LogP contribution is 2.35. The van der Waals surface area contributed by atoms with E-state index in [0.717, 1.165) is 16.6 Å². The summed E-state index contributed by atoms with van der Waals surface area (Å²) < 4.78 is 6.52. The number of hydrogen-bond acceptors (Lipinski definition) is 1. The quantitative estimate of drug-likeness (QED) is 0.596. The summed E-state index contributed by atoms with van der Waals surface area (Å²) in [6, 6.07) is 12.7. The predicted molar refractivity (Wildman–Crippen MR) is 92.0 cm³/mol. The fraction of sp³-hybridized carbons (Fsp3) is 0.294. The van der Waals surface area contributed by atoms with Gasteiger partial charge in [-0.3, -0.25) is 0 Å². The fourth-order valence-electron chi connectivity index (χ4n) is 2.20. The van der Waals surface area contributed by atoms with Crippen molar-refractivity contribution in [3.8, 4) is 5.75 Å². The van der Waals surface area contributed by atoms with E-state index in [9.17, 15) is 0 Å². The summed E-state index contributed by atoms with van der Waals surface area (Å²) in [4.78, 5) is 0.233. The van der Waals surface area contributed by atoms with Crippen molar-refractivity contribution >= 4 is 31.9 Å². The lowest BCUT2D eigenvalue weighted by Crippen LogP contribution is -1.99. The molecular weight excluding hydrogens is 380 g/mol. The molecule has 0 bridgehead atoms. The molecule has 2 rings (SSSR count). The normalized spacial score (nSPS) is 12.2. The van der Waals surface area contributed by atoms with Gasteiger partial charge >= 0.3 is 0 Å². The molecule has 2 aromatic carbocycles. The number of aryl methyl sites for hydroxylation is 2. The van der Waals surface area contributed by atoms with E-state index in [1.54, 1.807) is 7.11 Å². The maximum absolute atomic E-state index is 5.45. The zero-order chi connectivity index (χ0) is 14.7. The summed E-state index contributed by atoms with van der Waals surface area (Å²) in [5, 5.41) is 0. The Morgan fingerprint density at radius 1 is 1.05 bits per heavy atom. The Hall–Kier alpha value is -0.800. The minimum absolute atomic E-state index is 0.233. The molecule has 106 valence electrons. The van der Waals surface area contributed by atoms with Gasteiger partial charge in [0.15, 0.2) is 0 Å². The third-order valence-corrected chi connectivity index (χ3v) is 4.83. The number of ether oxygens (including phenoxy) is 1. The van der Waals surface area contributed by atoms with Crippen molar-refractivity contribution in [3.63, 3.8) is 0 Å². The van der Waals surface area contributed by atoms with Gasteiger partial charge in [0.1, 0.15) is 5.75 Å². The monoisotopic (exact) mass is 396 g/mol. The van der Waals surface area contributed by atoms with Crippen LogP contribution in [0.25, 0.3) is 0 Å². The molecule has 0 saturated carbocycles. The summed E-state index contributed by atoms with van der Waals surface area (Å²) in [6.45, 7) is 4.30.